The third-order valence-corrected chi connectivity index (χ3v) is 3.58. The van der Waals surface area contributed by atoms with E-state index in [0.717, 1.165) is 0 Å². The van der Waals surface area contributed by atoms with E-state index >= 15 is 0 Å². The Morgan fingerprint density at radius 3 is 2.81 bits per heavy atom. The predicted octanol–water partition coefficient (Wildman–Crippen LogP) is 0.135. The summed E-state index contributed by atoms with van der Waals surface area (Å²) in [5, 5.41) is 5.30. The van der Waals surface area contributed by atoms with E-state index in [4.69, 9.17) is 4.42 Å². The smallest absolute Gasteiger partial charge is 0.287 e. The highest BCUT2D eigenvalue weighted by Gasteiger charge is 2.41. The van der Waals surface area contributed by atoms with Crippen LogP contribution >= 0.6 is 0 Å². The van der Waals surface area contributed by atoms with Crippen LogP contribution in [0.15, 0.2) is 22.8 Å². The van der Waals surface area contributed by atoms with E-state index in [2.05, 4.69) is 10.6 Å². The zero-order chi connectivity index (χ0) is 15.6. The van der Waals surface area contributed by atoms with Crippen molar-refractivity contribution in [3.8, 4) is 0 Å². The van der Waals surface area contributed by atoms with Gasteiger partial charge in [0.05, 0.1) is 6.26 Å². The molecule has 7 heteroatoms. The Kier molecular flexibility index (Phi) is 4.02. The minimum Gasteiger partial charge on any atom is -0.459 e. The Hall–Kier alpha value is -2.31. The molecule has 114 valence electrons. The number of carbonyl (C=O) groups excluding carboxylic acids is 3. The molecule has 1 fully saturated rings. The Morgan fingerprint density at radius 2 is 2.19 bits per heavy atom. The first-order valence-corrected chi connectivity index (χ1v) is 6.78. The highest BCUT2D eigenvalue weighted by molar-refractivity contribution is 5.97. The summed E-state index contributed by atoms with van der Waals surface area (Å²) in [5.41, 5.74) is -0.932. The van der Waals surface area contributed by atoms with Crippen molar-refractivity contribution in [3.05, 3.63) is 24.2 Å². The maximum atomic E-state index is 12.5. The average Bonchev–Trinajstić information content (AvgIpc) is 2.95. The van der Waals surface area contributed by atoms with Gasteiger partial charge in [0.15, 0.2) is 5.76 Å². The van der Waals surface area contributed by atoms with Gasteiger partial charge in [0, 0.05) is 13.1 Å². The number of amides is 3. The van der Waals surface area contributed by atoms with Crippen molar-refractivity contribution in [1.29, 1.82) is 0 Å². The molecule has 1 saturated heterocycles. The van der Waals surface area contributed by atoms with E-state index < -0.39 is 17.5 Å². The highest BCUT2D eigenvalue weighted by atomic mass is 16.3. The Labute approximate surface area is 122 Å². The van der Waals surface area contributed by atoms with E-state index in [1.54, 1.807) is 26.8 Å². The second kappa shape index (κ2) is 5.59. The summed E-state index contributed by atoms with van der Waals surface area (Å²) in [6.07, 6.45) is 1.39. The molecule has 2 heterocycles. The van der Waals surface area contributed by atoms with E-state index in [-0.39, 0.29) is 17.6 Å². The minimum atomic E-state index is -0.932. The van der Waals surface area contributed by atoms with E-state index in [1.807, 2.05) is 0 Å². The molecule has 1 aromatic heterocycles. The van der Waals surface area contributed by atoms with Crippen LogP contribution in [0.3, 0.4) is 0 Å². The van der Waals surface area contributed by atoms with Gasteiger partial charge in [-0.25, -0.2) is 0 Å². The quantitative estimate of drug-likeness (QED) is 0.829. The van der Waals surface area contributed by atoms with Crippen LogP contribution < -0.4 is 10.6 Å². The molecule has 1 unspecified atom stereocenters. The van der Waals surface area contributed by atoms with Gasteiger partial charge in [0.2, 0.25) is 11.8 Å². The summed E-state index contributed by atoms with van der Waals surface area (Å²) in [6, 6.07) is 2.37. The summed E-state index contributed by atoms with van der Waals surface area (Å²) in [5.74, 6) is -0.813. The number of carbonyl (C=O) groups is 3. The van der Waals surface area contributed by atoms with E-state index in [0.29, 0.717) is 13.1 Å². The van der Waals surface area contributed by atoms with Gasteiger partial charge in [-0.05, 0) is 32.9 Å². The first-order valence-electron chi connectivity index (χ1n) is 6.78. The summed E-state index contributed by atoms with van der Waals surface area (Å²) < 4.78 is 4.98. The molecule has 3 amide bonds. The third kappa shape index (κ3) is 2.91. The van der Waals surface area contributed by atoms with Crippen LogP contribution in [-0.2, 0) is 9.59 Å². The lowest BCUT2D eigenvalue weighted by molar-refractivity contribution is -0.150. The first-order chi connectivity index (χ1) is 9.84. The molecule has 0 aromatic carbocycles. The number of hydrogen-bond donors (Lipinski definition) is 2. The zero-order valence-corrected chi connectivity index (χ0v) is 12.3. The standard InChI is InChI=1S/C14H19N3O4/c1-9(16-11(18)10-5-4-8-21-10)12(19)17-7-6-15-13(20)14(17,2)3/h4-5,8-9H,6-7H2,1-3H3,(H,15,20)(H,16,18). The van der Waals surface area contributed by atoms with Crippen LogP contribution in [0.2, 0.25) is 0 Å². The lowest BCUT2D eigenvalue weighted by atomic mass is 9.98. The molecular formula is C14H19N3O4. The molecule has 0 spiro atoms. The number of piperazine rings is 1. The van der Waals surface area contributed by atoms with Crippen LogP contribution in [0, 0.1) is 0 Å². The molecule has 1 atom stereocenters. The maximum absolute atomic E-state index is 12.5. The van der Waals surface area contributed by atoms with E-state index in [9.17, 15) is 14.4 Å². The van der Waals surface area contributed by atoms with Crippen molar-refractivity contribution in [1.82, 2.24) is 15.5 Å². The highest BCUT2D eigenvalue weighted by Crippen LogP contribution is 2.18. The summed E-state index contributed by atoms with van der Waals surface area (Å²) in [7, 11) is 0. The lowest BCUT2D eigenvalue weighted by Gasteiger charge is -2.42. The number of hydrogen-bond acceptors (Lipinski definition) is 4. The topological polar surface area (TPSA) is 91.7 Å². The molecule has 2 N–H and O–H groups in total. The van der Waals surface area contributed by atoms with Crippen LogP contribution in [0.4, 0.5) is 0 Å². The molecule has 1 aliphatic rings. The van der Waals surface area contributed by atoms with Crippen LogP contribution in [0.25, 0.3) is 0 Å². The van der Waals surface area contributed by atoms with E-state index in [1.165, 1.54) is 17.2 Å². The lowest BCUT2D eigenvalue weighted by Crippen LogP contribution is -2.65. The minimum absolute atomic E-state index is 0.144. The molecule has 1 aromatic rings. The molecule has 0 radical (unpaired) electrons. The fourth-order valence-electron chi connectivity index (χ4n) is 2.26. The average molecular weight is 293 g/mol. The predicted molar refractivity (Wildman–Crippen MR) is 74.4 cm³/mol. The summed E-state index contributed by atoms with van der Waals surface area (Å²) >= 11 is 0. The van der Waals surface area contributed by atoms with Gasteiger partial charge in [-0.1, -0.05) is 0 Å². The van der Waals surface area contributed by atoms with Gasteiger partial charge >= 0.3 is 0 Å². The van der Waals surface area contributed by atoms with Gasteiger partial charge < -0.3 is 20.0 Å². The molecule has 0 saturated carbocycles. The van der Waals surface area contributed by atoms with Crippen LogP contribution in [0.5, 0.6) is 0 Å². The van der Waals surface area contributed by atoms with Crippen molar-refractivity contribution < 1.29 is 18.8 Å². The zero-order valence-electron chi connectivity index (χ0n) is 12.3. The number of furan rings is 1. The van der Waals surface area contributed by atoms with Crippen molar-refractivity contribution in [2.24, 2.45) is 0 Å². The Balaban J connectivity index is 2.05. The number of rotatable bonds is 3. The van der Waals surface area contributed by atoms with Crippen molar-refractivity contribution >= 4 is 17.7 Å². The van der Waals surface area contributed by atoms with Gasteiger partial charge in [-0.3, -0.25) is 14.4 Å². The first kappa shape index (κ1) is 15.1. The fraction of sp³-hybridized carbons (Fsp3) is 0.500. The Morgan fingerprint density at radius 1 is 1.48 bits per heavy atom. The van der Waals surface area contributed by atoms with Gasteiger partial charge in [0.1, 0.15) is 11.6 Å². The molecular weight excluding hydrogens is 274 g/mol. The monoisotopic (exact) mass is 293 g/mol. The molecule has 2 rings (SSSR count). The van der Waals surface area contributed by atoms with Gasteiger partial charge in [-0.2, -0.15) is 0 Å². The second-order valence-corrected chi connectivity index (χ2v) is 5.48. The molecule has 7 nitrogen and oxygen atoms in total. The maximum Gasteiger partial charge on any atom is 0.287 e. The van der Waals surface area contributed by atoms with Crippen molar-refractivity contribution in [2.45, 2.75) is 32.4 Å². The normalized spacial score (nSPS) is 18.8. The summed E-state index contributed by atoms with van der Waals surface area (Å²) in [4.78, 5) is 37.7. The number of nitrogens with one attached hydrogen (secondary N) is 2. The molecule has 0 bridgehead atoms. The second-order valence-electron chi connectivity index (χ2n) is 5.48. The molecule has 21 heavy (non-hydrogen) atoms. The molecule has 0 aliphatic carbocycles. The SMILES string of the molecule is CC(NC(=O)c1ccco1)C(=O)N1CCNC(=O)C1(C)C. The van der Waals surface area contributed by atoms with Crippen molar-refractivity contribution in [3.63, 3.8) is 0 Å². The van der Waals surface area contributed by atoms with Crippen LogP contribution in [0.1, 0.15) is 31.3 Å². The third-order valence-electron chi connectivity index (χ3n) is 3.58. The van der Waals surface area contributed by atoms with Gasteiger partial charge in [0.25, 0.3) is 5.91 Å². The Bertz CT molecular complexity index is 551. The largest absolute Gasteiger partial charge is 0.459 e. The van der Waals surface area contributed by atoms with Crippen molar-refractivity contribution in [2.75, 3.05) is 13.1 Å². The number of nitrogens with zero attached hydrogens (tertiary/aromatic N) is 1. The fourth-order valence-corrected chi connectivity index (χ4v) is 2.26. The van der Waals surface area contributed by atoms with Crippen LogP contribution in [-0.4, -0.2) is 47.3 Å². The summed E-state index contributed by atoms with van der Waals surface area (Å²) in [6.45, 7) is 5.78. The molecule has 1 aliphatic heterocycles. The van der Waals surface area contributed by atoms with Gasteiger partial charge in [-0.15, -0.1) is 0 Å².